The molecule has 0 aliphatic carbocycles. The van der Waals surface area contributed by atoms with Gasteiger partial charge in [-0.2, -0.15) is 13.2 Å². The van der Waals surface area contributed by atoms with E-state index in [4.69, 9.17) is 28.9 Å². The molecule has 0 fully saturated rings. The number of hydrogen-bond acceptors (Lipinski definition) is 3. The molecule has 2 aromatic carbocycles. The molecule has 10 heteroatoms. The maximum absolute atomic E-state index is 12.6. The number of halogens is 5. The second kappa shape index (κ2) is 8.81. The summed E-state index contributed by atoms with van der Waals surface area (Å²) in [5.74, 6) is -1.91. The van der Waals surface area contributed by atoms with E-state index < -0.39 is 35.7 Å². The highest BCUT2D eigenvalue weighted by molar-refractivity contribution is 6.36. The van der Waals surface area contributed by atoms with Gasteiger partial charge in [-0.3, -0.25) is 9.59 Å². The Morgan fingerprint density at radius 2 is 1.61 bits per heavy atom. The predicted octanol–water partition coefficient (Wildman–Crippen LogP) is 3.26. The number of carbonyl (C=O) groups is 2. The fourth-order valence-corrected chi connectivity index (χ4v) is 2.96. The van der Waals surface area contributed by atoms with Gasteiger partial charge >= 0.3 is 6.18 Å². The Balaban J connectivity index is 2.14. The molecule has 150 valence electrons. The third-order valence-corrected chi connectivity index (χ3v) is 4.64. The summed E-state index contributed by atoms with van der Waals surface area (Å²) < 4.78 is 37.8. The maximum atomic E-state index is 12.6. The molecule has 0 spiro atoms. The van der Waals surface area contributed by atoms with Crippen LogP contribution in [0.4, 0.5) is 13.2 Å². The summed E-state index contributed by atoms with van der Waals surface area (Å²) in [4.78, 5) is 23.9. The molecule has 28 heavy (non-hydrogen) atoms. The Bertz CT molecular complexity index is 853. The molecule has 0 bridgehead atoms. The zero-order valence-electron chi connectivity index (χ0n) is 14.1. The van der Waals surface area contributed by atoms with Crippen LogP contribution in [0.5, 0.6) is 0 Å². The quantitative estimate of drug-likeness (QED) is 0.651. The van der Waals surface area contributed by atoms with Crippen molar-refractivity contribution in [3.05, 3.63) is 69.2 Å². The lowest BCUT2D eigenvalue weighted by molar-refractivity contribution is -0.137. The molecule has 0 saturated heterocycles. The second-order valence-corrected chi connectivity index (χ2v) is 6.70. The molecule has 0 saturated carbocycles. The number of nitrogens with two attached hydrogens (primary N) is 1. The first-order valence-corrected chi connectivity index (χ1v) is 8.64. The fourth-order valence-electron chi connectivity index (χ4n) is 2.41. The van der Waals surface area contributed by atoms with Gasteiger partial charge in [0, 0.05) is 16.5 Å². The normalized spacial score (nSPS) is 13.6. The van der Waals surface area contributed by atoms with Crippen LogP contribution in [0.15, 0.2) is 42.5 Å². The van der Waals surface area contributed by atoms with E-state index in [1.165, 1.54) is 0 Å². The Morgan fingerprint density at radius 3 is 2.07 bits per heavy atom. The van der Waals surface area contributed by atoms with E-state index in [0.717, 1.165) is 24.3 Å². The highest BCUT2D eigenvalue weighted by Crippen LogP contribution is 2.30. The zero-order chi connectivity index (χ0) is 21.1. The number of aliphatic hydroxyl groups excluding tert-OH is 1. The van der Waals surface area contributed by atoms with E-state index in [1.807, 2.05) is 0 Å². The topological polar surface area (TPSA) is 92.4 Å². The summed E-state index contributed by atoms with van der Waals surface area (Å²) in [5, 5.41) is 12.9. The van der Waals surface area contributed by atoms with Gasteiger partial charge in [0.05, 0.1) is 5.56 Å². The van der Waals surface area contributed by atoms with Crippen LogP contribution < -0.4 is 11.1 Å². The van der Waals surface area contributed by atoms with Crippen LogP contribution in [0, 0.1) is 0 Å². The molecule has 2 atom stereocenters. The third-order valence-electron chi connectivity index (χ3n) is 3.93. The van der Waals surface area contributed by atoms with Crippen molar-refractivity contribution in [2.24, 2.45) is 5.73 Å². The summed E-state index contributed by atoms with van der Waals surface area (Å²) in [6.45, 7) is 0. The fraction of sp³-hybridized carbons (Fsp3) is 0.222. The van der Waals surface area contributed by atoms with Crippen LogP contribution in [0.2, 0.25) is 10.0 Å². The molecule has 0 aliphatic heterocycles. The Kier molecular flexibility index (Phi) is 6.92. The van der Waals surface area contributed by atoms with Crippen molar-refractivity contribution in [3.8, 4) is 0 Å². The van der Waals surface area contributed by atoms with Gasteiger partial charge in [0.1, 0.15) is 6.04 Å². The van der Waals surface area contributed by atoms with E-state index in [9.17, 15) is 27.9 Å². The van der Waals surface area contributed by atoms with Crippen molar-refractivity contribution >= 4 is 35.0 Å². The second-order valence-electron chi connectivity index (χ2n) is 5.89. The number of hydrogen-bond donors (Lipinski definition) is 3. The zero-order valence-corrected chi connectivity index (χ0v) is 15.6. The molecule has 0 unspecified atom stereocenters. The molecule has 0 heterocycles. The lowest BCUT2D eigenvalue weighted by Crippen LogP contribution is -2.47. The van der Waals surface area contributed by atoms with Crippen LogP contribution in [-0.2, 0) is 22.2 Å². The highest BCUT2D eigenvalue weighted by atomic mass is 35.5. The number of primary amides is 1. The number of nitrogens with one attached hydrogen (secondary N) is 1. The largest absolute Gasteiger partial charge is 0.416 e. The minimum Gasteiger partial charge on any atom is -0.378 e. The van der Waals surface area contributed by atoms with Gasteiger partial charge in [-0.15, -0.1) is 0 Å². The molecular formula is C18H15Cl2F3N2O3. The van der Waals surface area contributed by atoms with Crippen LogP contribution in [0.1, 0.15) is 22.8 Å². The molecule has 0 radical (unpaired) electrons. The van der Waals surface area contributed by atoms with Gasteiger partial charge in [0.15, 0.2) is 6.10 Å². The number of carbonyl (C=O) groups excluding carboxylic acids is 2. The van der Waals surface area contributed by atoms with Crippen LogP contribution in [0.25, 0.3) is 0 Å². The highest BCUT2D eigenvalue weighted by Gasteiger charge is 2.31. The Morgan fingerprint density at radius 1 is 1.07 bits per heavy atom. The first-order valence-electron chi connectivity index (χ1n) is 7.88. The average molecular weight is 435 g/mol. The van der Waals surface area contributed by atoms with Crippen LogP contribution in [0.3, 0.4) is 0 Å². The molecule has 2 rings (SSSR count). The lowest BCUT2D eigenvalue weighted by Gasteiger charge is -2.19. The molecule has 0 aliphatic rings. The average Bonchev–Trinajstić information content (AvgIpc) is 2.62. The summed E-state index contributed by atoms with van der Waals surface area (Å²) in [6, 6.07) is 6.85. The number of benzene rings is 2. The predicted molar refractivity (Wildman–Crippen MR) is 97.7 cm³/mol. The first-order chi connectivity index (χ1) is 13.0. The number of alkyl halides is 3. The van der Waals surface area contributed by atoms with Crippen LogP contribution in [-0.4, -0.2) is 23.0 Å². The van der Waals surface area contributed by atoms with Crippen molar-refractivity contribution in [1.82, 2.24) is 5.32 Å². The van der Waals surface area contributed by atoms with E-state index >= 15 is 0 Å². The number of rotatable bonds is 6. The third kappa shape index (κ3) is 5.37. The van der Waals surface area contributed by atoms with Gasteiger partial charge in [0.25, 0.3) is 5.91 Å². The maximum Gasteiger partial charge on any atom is 0.416 e. The van der Waals surface area contributed by atoms with Gasteiger partial charge < -0.3 is 16.2 Å². The van der Waals surface area contributed by atoms with Gasteiger partial charge in [-0.05, 0) is 35.4 Å². The van der Waals surface area contributed by atoms with Crippen molar-refractivity contribution in [3.63, 3.8) is 0 Å². The van der Waals surface area contributed by atoms with Crippen molar-refractivity contribution in [1.29, 1.82) is 0 Å². The first kappa shape index (κ1) is 22.0. The SMILES string of the molecule is NC(=O)[C@H](Cc1c(Cl)cccc1Cl)NC(=O)[C@@H](O)c1ccc(C(F)(F)F)cc1. The molecular weight excluding hydrogens is 420 g/mol. The molecule has 5 nitrogen and oxygen atoms in total. The summed E-state index contributed by atoms with van der Waals surface area (Å²) in [5.41, 5.74) is 4.66. The Labute approximate surface area is 168 Å². The standard InChI is InChI=1S/C18H15Cl2F3N2O3/c19-12-2-1-3-13(20)11(12)8-14(16(24)27)25-17(28)15(26)9-4-6-10(7-5-9)18(21,22)23/h1-7,14-15,26H,8H2,(H2,24,27)(H,25,28)/t14-,15-/m0/s1. The lowest BCUT2D eigenvalue weighted by atomic mass is 10.0. The monoisotopic (exact) mass is 434 g/mol. The minimum atomic E-state index is -4.54. The van der Waals surface area contributed by atoms with Crippen molar-refractivity contribution in [2.75, 3.05) is 0 Å². The summed E-state index contributed by atoms with van der Waals surface area (Å²) >= 11 is 12.1. The van der Waals surface area contributed by atoms with Gasteiger partial charge in [-0.25, -0.2) is 0 Å². The van der Waals surface area contributed by atoms with Gasteiger partial charge in [-0.1, -0.05) is 41.4 Å². The van der Waals surface area contributed by atoms with Crippen molar-refractivity contribution in [2.45, 2.75) is 24.7 Å². The Hall–Kier alpha value is -2.29. The van der Waals surface area contributed by atoms with Crippen molar-refractivity contribution < 1.29 is 27.9 Å². The smallest absolute Gasteiger partial charge is 0.378 e. The minimum absolute atomic E-state index is 0.0792. The van der Waals surface area contributed by atoms with E-state index in [2.05, 4.69) is 5.32 Å². The van der Waals surface area contributed by atoms with E-state index in [1.54, 1.807) is 18.2 Å². The van der Waals surface area contributed by atoms with E-state index in [0.29, 0.717) is 5.56 Å². The summed E-state index contributed by atoms with van der Waals surface area (Å²) in [6.07, 6.45) is -6.47. The van der Waals surface area contributed by atoms with Gasteiger partial charge in [0.2, 0.25) is 5.91 Å². The molecule has 4 N–H and O–H groups in total. The van der Waals surface area contributed by atoms with Crippen LogP contribution >= 0.6 is 23.2 Å². The molecule has 2 aromatic rings. The molecule has 0 aromatic heterocycles. The number of aliphatic hydroxyl groups is 1. The summed E-state index contributed by atoms with van der Waals surface area (Å²) in [7, 11) is 0. The number of amides is 2. The van der Waals surface area contributed by atoms with E-state index in [-0.39, 0.29) is 22.0 Å². The molecule has 2 amide bonds.